The zero-order valence-electron chi connectivity index (χ0n) is 28.6. The van der Waals surface area contributed by atoms with Gasteiger partial charge in [-0.3, -0.25) is 0 Å². The maximum Gasteiger partial charge on any atom is 0.120 e. The summed E-state index contributed by atoms with van der Waals surface area (Å²) in [6, 6.07) is 25.3. The van der Waals surface area contributed by atoms with Crippen molar-refractivity contribution in [1.82, 2.24) is 9.13 Å². The fourth-order valence-corrected chi connectivity index (χ4v) is 7.30. The van der Waals surface area contributed by atoms with E-state index in [1.54, 1.807) is 7.11 Å². The number of para-hydroxylation sites is 2. The third kappa shape index (κ3) is 6.74. The minimum Gasteiger partial charge on any atom is -0.497 e. The molecule has 0 aliphatic carbocycles. The van der Waals surface area contributed by atoms with Crippen LogP contribution >= 0.6 is 0 Å². The average Bonchev–Trinajstić information content (AvgIpc) is 3.62. The first-order valence-electron chi connectivity index (χ1n) is 18.0. The molecule has 0 bridgehead atoms. The number of unbranched alkanes of at least 4 members (excludes halogenated alkanes) is 10. The molecule has 0 unspecified atom stereocenters. The van der Waals surface area contributed by atoms with Gasteiger partial charge in [-0.1, -0.05) is 114 Å². The Hall–Kier alpha value is -4.32. The van der Waals surface area contributed by atoms with Gasteiger partial charge in [-0.2, -0.15) is 5.11 Å². The number of hydrogen-bond donors (Lipinski definition) is 1. The number of nitrogen functional groups attached to an aromatic ring is 1. The number of aromatic nitrogens is 2. The first kappa shape index (κ1) is 32.6. The molecule has 0 atom stereocenters. The van der Waals surface area contributed by atoms with Crippen LogP contribution in [0.3, 0.4) is 0 Å². The van der Waals surface area contributed by atoms with Crippen LogP contribution < -0.4 is 10.5 Å². The van der Waals surface area contributed by atoms with E-state index < -0.39 is 0 Å². The predicted octanol–water partition coefficient (Wildman–Crippen LogP) is 12.6. The fourth-order valence-electron chi connectivity index (χ4n) is 7.30. The van der Waals surface area contributed by atoms with Crippen molar-refractivity contribution in [3.63, 3.8) is 0 Å². The summed E-state index contributed by atoms with van der Waals surface area (Å²) in [5, 5.41) is 14.5. The average molecular weight is 630 g/mol. The van der Waals surface area contributed by atoms with Gasteiger partial charge in [0.1, 0.15) is 11.4 Å². The number of ether oxygens (including phenoxy) is 1. The number of rotatable bonds is 17. The number of anilines is 1. The quantitative estimate of drug-likeness (QED) is 0.0619. The van der Waals surface area contributed by atoms with Crippen LogP contribution in [-0.2, 0) is 13.1 Å². The zero-order chi connectivity index (χ0) is 32.6. The number of methoxy groups -OCH3 is 1. The SMILES string of the molecule is CCCCCCCCn1c2ccccc2c2c(N=Nc3ccc(OC)cc3)c3c(c(N)c21)c1ccccc1n3CCCCCCCC. The summed E-state index contributed by atoms with van der Waals surface area (Å²) in [6.07, 6.45) is 15.0. The van der Waals surface area contributed by atoms with Crippen LogP contribution in [0.25, 0.3) is 43.6 Å². The van der Waals surface area contributed by atoms with Crippen molar-refractivity contribution >= 4 is 60.7 Å². The van der Waals surface area contributed by atoms with Crippen molar-refractivity contribution in [2.75, 3.05) is 12.8 Å². The van der Waals surface area contributed by atoms with Crippen molar-refractivity contribution in [2.45, 2.75) is 104 Å². The standard InChI is InChI=1S/C41H51N5O/c1-4-6-8-10-12-18-28-45-35-23-17-15-21-33(35)37-39(44-43-30-24-26-31(47-3)27-25-30)41-36(38(42)40(37)45)32-20-14-16-22-34(32)46(41)29-19-13-11-9-7-5-2/h14-17,20-27H,4-13,18-19,28-29,42H2,1-3H3. The van der Waals surface area contributed by atoms with E-state index in [4.69, 9.17) is 20.7 Å². The van der Waals surface area contributed by atoms with E-state index in [1.807, 2.05) is 24.3 Å². The van der Waals surface area contributed by atoms with Gasteiger partial charge in [-0.15, -0.1) is 5.11 Å². The number of nitrogens with two attached hydrogens (primary N) is 1. The number of nitrogens with zero attached hydrogens (tertiary/aromatic N) is 4. The highest BCUT2D eigenvalue weighted by Gasteiger charge is 2.25. The second kappa shape index (κ2) is 15.5. The fraction of sp³-hybridized carbons (Fsp3) is 0.415. The molecule has 0 aliphatic heterocycles. The van der Waals surface area contributed by atoms with E-state index in [0.717, 1.165) is 70.5 Å². The van der Waals surface area contributed by atoms with Gasteiger partial charge in [0.15, 0.2) is 0 Å². The molecule has 0 radical (unpaired) electrons. The van der Waals surface area contributed by atoms with Crippen LogP contribution in [0.2, 0.25) is 0 Å². The van der Waals surface area contributed by atoms with Gasteiger partial charge < -0.3 is 19.6 Å². The lowest BCUT2D eigenvalue weighted by Crippen LogP contribution is -2.02. The van der Waals surface area contributed by atoms with E-state index in [9.17, 15) is 0 Å². The van der Waals surface area contributed by atoms with Crippen molar-refractivity contribution in [1.29, 1.82) is 0 Å². The Bertz CT molecular complexity index is 1960. The van der Waals surface area contributed by atoms with Crippen molar-refractivity contribution in [3.05, 3.63) is 72.8 Å². The summed E-state index contributed by atoms with van der Waals surface area (Å²) in [7, 11) is 1.68. The summed E-state index contributed by atoms with van der Waals surface area (Å²) in [5.41, 5.74) is 14.5. The molecular weight excluding hydrogens is 578 g/mol. The zero-order valence-corrected chi connectivity index (χ0v) is 28.6. The molecule has 2 aromatic heterocycles. The molecule has 6 nitrogen and oxygen atoms in total. The third-order valence-electron chi connectivity index (χ3n) is 9.74. The summed E-state index contributed by atoms with van der Waals surface area (Å²) in [5.74, 6) is 0.804. The maximum atomic E-state index is 7.37. The van der Waals surface area contributed by atoms with Gasteiger partial charge in [0.2, 0.25) is 0 Å². The van der Waals surface area contributed by atoms with E-state index in [1.165, 1.54) is 86.0 Å². The third-order valence-corrected chi connectivity index (χ3v) is 9.74. The lowest BCUT2D eigenvalue weighted by molar-refractivity contribution is 0.415. The molecule has 6 heteroatoms. The normalized spacial score (nSPS) is 12.1. The van der Waals surface area contributed by atoms with Crippen molar-refractivity contribution < 1.29 is 4.74 Å². The van der Waals surface area contributed by atoms with Crippen molar-refractivity contribution in [3.8, 4) is 5.75 Å². The minimum atomic E-state index is 0.790. The number of benzene rings is 4. The molecule has 2 heterocycles. The Morgan fingerprint density at radius 1 is 0.574 bits per heavy atom. The van der Waals surface area contributed by atoms with Crippen LogP contribution in [0.1, 0.15) is 90.9 Å². The Kier molecular flexibility index (Phi) is 10.8. The smallest absolute Gasteiger partial charge is 0.120 e. The highest BCUT2D eigenvalue weighted by atomic mass is 16.5. The Balaban J connectivity index is 1.56. The Morgan fingerprint density at radius 3 is 1.66 bits per heavy atom. The largest absolute Gasteiger partial charge is 0.497 e. The maximum absolute atomic E-state index is 7.37. The van der Waals surface area contributed by atoms with Crippen LogP contribution in [0, 0.1) is 0 Å². The van der Waals surface area contributed by atoms with E-state index in [2.05, 4.69) is 71.5 Å². The van der Waals surface area contributed by atoms with E-state index in [0.29, 0.717) is 0 Å². The highest BCUT2D eigenvalue weighted by Crippen LogP contribution is 2.49. The van der Waals surface area contributed by atoms with Crippen LogP contribution in [0.15, 0.2) is 83.0 Å². The first-order chi connectivity index (χ1) is 23.2. The van der Waals surface area contributed by atoms with Gasteiger partial charge in [0.05, 0.1) is 29.5 Å². The molecule has 6 aromatic rings. The summed E-state index contributed by atoms with van der Waals surface area (Å²) < 4.78 is 10.3. The predicted molar refractivity (Wildman–Crippen MR) is 201 cm³/mol. The Labute approximate surface area is 279 Å². The monoisotopic (exact) mass is 629 g/mol. The topological polar surface area (TPSA) is 69.8 Å². The molecule has 0 aliphatic rings. The molecular formula is C41H51N5O. The molecule has 0 amide bonds. The van der Waals surface area contributed by atoms with Gasteiger partial charge in [-0.05, 0) is 49.2 Å². The second-order valence-electron chi connectivity index (χ2n) is 13.0. The summed E-state index contributed by atoms with van der Waals surface area (Å²) >= 11 is 0. The minimum absolute atomic E-state index is 0.790. The molecule has 47 heavy (non-hydrogen) atoms. The second-order valence-corrected chi connectivity index (χ2v) is 13.0. The number of azo groups is 1. The van der Waals surface area contributed by atoms with E-state index in [-0.39, 0.29) is 0 Å². The summed E-state index contributed by atoms with van der Waals surface area (Å²) in [6.45, 7) is 6.39. The van der Waals surface area contributed by atoms with Gasteiger partial charge in [0.25, 0.3) is 0 Å². The molecule has 6 rings (SSSR count). The number of fused-ring (bicyclic) bond motifs is 6. The lowest BCUT2D eigenvalue weighted by Gasteiger charge is -2.13. The van der Waals surface area contributed by atoms with Crippen molar-refractivity contribution in [2.24, 2.45) is 10.2 Å². The molecule has 0 fully saturated rings. The summed E-state index contributed by atoms with van der Waals surface area (Å²) in [4.78, 5) is 0. The molecule has 0 saturated carbocycles. The molecule has 0 spiro atoms. The first-order valence-corrected chi connectivity index (χ1v) is 18.0. The van der Waals surface area contributed by atoms with Gasteiger partial charge in [-0.25, -0.2) is 0 Å². The molecule has 2 N–H and O–H groups in total. The van der Waals surface area contributed by atoms with Crippen LogP contribution in [0.5, 0.6) is 5.75 Å². The number of aryl methyl sites for hydroxylation is 2. The number of hydrogen-bond acceptors (Lipinski definition) is 4. The Morgan fingerprint density at radius 2 is 1.09 bits per heavy atom. The van der Waals surface area contributed by atoms with Crippen LogP contribution in [-0.4, -0.2) is 16.2 Å². The van der Waals surface area contributed by atoms with Gasteiger partial charge >= 0.3 is 0 Å². The van der Waals surface area contributed by atoms with E-state index >= 15 is 0 Å². The molecule has 0 saturated heterocycles. The van der Waals surface area contributed by atoms with Gasteiger partial charge in [0, 0.05) is 45.7 Å². The van der Waals surface area contributed by atoms with Crippen LogP contribution in [0.4, 0.5) is 17.1 Å². The lowest BCUT2D eigenvalue weighted by atomic mass is 10.0. The highest BCUT2D eigenvalue weighted by molar-refractivity contribution is 6.30. The molecule has 246 valence electrons. The molecule has 4 aromatic carbocycles.